The Labute approximate surface area is 291 Å². The Kier molecular flexibility index (Phi) is 26.6. The van der Waals surface area contributed by atoms with E-state index in [1.54, 1.807) is 0 Å². The molecule has 0 radical (unpaired) electrons. The largest absolute Gasteiger partial charge is 0.323 e. The lowest BCUT2D eigenvalue weighted by molar-refractivity contribution is -0.916. The van der Waals surface area contributed by atoms with E-state index in [2.05, 4.69) is 25.7 Å². The zero-order valence-electron chi connectivity index (χ0n) is 32.2. The molecule has 0 spiro atoms. The summed E-state index contributed by atoms with van der Waals surface area (Å²) in [7, 11) is 0. The quantitative estimate of drug-likeness (QED) is 0.0389. The van der Waals surface area contributed by atoms with E-state index < -0.39 is 0 Å². The fourth-order valence-electron chi connectivity index (χ4n) is 8.82. The highest BCUT2D eigenvalue weighted by atomic mass is 15.4. The van der Waals surface area contributed by atoms with E-state index >= 15 is 0 Å². The fourth-order valence-corrected chi connectivity index (χ4v) is 8.82. The van der Waals surface area contributed by atoms with Crippen LogP contribution in [0.15, 0.2) is 0 Å². The van der Waals surface area contributed by atoms with Crippen molar-refractivity contribution in [3.8, 4) is 11.8 Å². The smallest absolute Gasteiger partial charge is 0.0897 e. The first-order valence-electron chi connectivity index (χ1n) is 21.9. The molecule has 46 heavy (non-hydrogen) atoms. The second kappa shape index (κ2) is 29.4. The van der Waals surface area contributed by atoms with Crippen LogP contribution in [0, 0.1) is 11.8 Å². The van der Waals surface area contributed by atoms with Gasteiger partial charge in [-0.05, 0) is 25.7 Å². The zero-order valence-corrected chi connectivity index (χ0v) is 32.2. The van der Waals surface area contributed by atoms with Crippen LogP contribution in [0.1, 0.15) is 219 Å². The summed E-state index contributed by atoms with van der Waals surface area (Å²) in [5.41, 5.74) is 0. The van der Waals surface area contributed by atoms with Crippen LogP contribution in [-0.4, -0.2) is 61.3 Å². The van der Waals surface area contributed by atoms with Gasteiger partial charge in [-0.2, -0.15) is 0 Å². The molecule has 2 heterocycles. The maximum Gasteiger partial charge on any atom is 0.0897 e. The fraction of sp³-hybridized carbons (Fsp3) is 0.955. The standard InChI is InChI=1S/C44H86N2/c1-3-5-7-9-11-13-15-17-19-21-23-25-29-37-45(41-33-34-42-45)39-31-27-28-32-40-46(43-35-36-44-46)38-30-26-24-22-20-18-16-14-12-10-8-6-4-2/h3-26,29-44H2,1-2H3/q+2. The van der Waals surface area contributed by atoms with Crippen LogP contribution in [0.5, 0.6) is 0 Å². The van der Waals surface area contributed by atoms with Gasteiger partial charge in [-0.3, -0.25) is 0 Å². The summed E-state index contributed by atoms with van der Waals surface area (Å²) in [5, 5.41) is 0. The summed E-state index contributed by atoms with van der Waals surface area (Å²) in [5.74, 6) is 7.34. The summed E-state index contributed by atoms with van der Waals surface area (Å²) < 4.78 is 2.79. The number of rotatable bonds is 32. The molecule has 2 rings (SSSR count). The van der Waals surface area contributed by atoms with E-state index in [0.29, 0.717) is 0 Å². The minimum Gasteiger partial charge on any atom is -0.323 e. The van der Waals surface area contributed by atoms with Crippen LogP contribution in [0.2, 0.25) is 0 Å². The van der Waals surface area contributed by atoms with E-state index in [0.717, 1.165) is 12.8 Å². The molecule has 0 aromatic heterocycles. The molecule has 2 heteroatoms. The van der Waals surface area contributed by atoms with Gasteiger partial charge < -0.3 is 8.97 Å². The van der Waals surface area contributed by atoms with Crippen molar-refractivity contribution >= 4 is 0 Å². The van der Waals surface area contributed by atoms with Crippen LogP contribution in [0.25, 0.3) is 0 Å². The summed E-state index contributed by atoms with van der Waals surface area (Å²) in [6.07, 6.45) is 46.0. The Morgan fingerprint density at radius 1 is 0.304 bits per heavy atom. The molecular formula is C44H86N2+2. The van der Waals surface area contributed by atoms with E-state index in [4.69, 9.17) is 0 Å². The lowest BCUT2D eigenvalue weighted by Crippen LogP contribution is -2.46. The minimum absolute atomic E-state index is 1.14. The summed E-state index contributed by atoms with van der Waals surface area (Å²) >= 11 is 0. The number of unbranched alkanes of at least 4 members (excludes halogenated alkanes) is 24. The summed E-state index contributed by atoms with van der Waals surface area (Å²) in [6, 6.07) is 0. The molecule has 270 valence electrons. The number of likely N-dealkylation sites (tertiary alicyclic amines) is 2. The molecule has 0 aromatic carbocycles. The van der Waals surface area contributed by atoms with E-state index in [-0.39, 0.29) is 0 Å². The Morgan fingerprint density at radius 3 is 0.804 bits per heavy atom. The molecule has 2 nitrogen and oxygen atoms in total. The number of hydrogen-bond donors (Lipinski definition) is 0. The predicted molar refractivity (Wildman–Crippen MR) is 206 cm³/mol. The van der Waals surface area contributed by atoms with Gasteiger partial charge in [-0.1, -0.05) is 167 Å². The molecule has 0 N–H and O–H groups in total. The van der Waals surface area contributed by atoms with Gasteiger partial charge in [0.05, 0.1) is 65.2 Å². The highest BCUT2D eigenvalue weighted by Crippen LogP contribution is 2.24. The van der Waals surface area contributed by atoms with Crippen molar-refractivity contribution in [1.82, 2.24) is 0 Å². The topological polar surface area (TPSA) is 0 Å². The molecule has 2 aliphatic heterocycles. The zero-order chi connectivity index (χ0) is 32.7. The normalized spacial score (nSPS) is 17.0. The van der Waals surface area contributed by atoms with Gasteiger partial charge in [0.25, 0.3) is 0 Å². The van der Waals surface area contributed by atoms with Gasteiger partial charge in [-0.25, -0.2) is 0 Å². The van der Waals surface area contributed by atoms with Gasteiger partial charge in [0.1, 0.15) is 0 Å². The van der Waals surface area contributed by atoms with Crippen molar-refractivity contribution in [3.05, 3.63) is 0 Å². The highest BCUT2D eigenvalue weighted by molar-refractivity contribution is 4.98. The molecule has 0 atom stereocenters. The molecule has 0 unspecified atom stereocenters. The summed E-state index contributed by atoms with van der Waals surface area (Å²) in [6.45, 7) is 15.9. The van der Waals surface area contributed by atoms with Gasteiger partial charge in [0.2, 0.25) is 0 Å². The number of quaternary nitrogens is 2. The van der Waals surface area contributed by atoms with Crippen LogP contribution >= 0.6 is 0 Å². The average Bonchev–Trinajstić information content (AvgIpc) is 3.74. The maximum atomic E-state index is 3.67. The van der Waals surface area contributed by atoms with Crippen LogP contribution < -0.4 is 0 Å². The third-order valence-corrected chi connectivity index (χ3v) is 12.0. The SMILES string of the molecule is CCCCCCCCCCCCCCC[N+]1(CCC#CCC[N+]2(CCCCCCCCCCCCCCC)CCCC2)CCCC1. The minimum atomic E-state index is 1.14. The number of nitrogens with zero attached hydrogens (tertiary/aromatic N) is 2. The lowest BCUT2D eigenvalue weighted by Gasteiger charge is -2.34. The highest BCUT2D eigenvalue weighted by Gasteiger charge is 2.31. The Balaban J connectivity index is 1.48. The van der Waals surface area contributed by atoms with Crippen LogP contribution in [0.3, 0.4) is 0 Å². The molecular weight excluding hydrogens is 556 g/mol. The van der Waals surface area contributed by atoms with Crippen molar-refractivity contribution in [2.45, 2.75) is 219 Å². The Bertz CT molecular complexity index is 647. The van der Waals surface area contributed by atoms with Crippen molar-refractivity contribution in [1.29, 1.82) is 0 Å². The van der Waals surface area contributed by atoms with Crippen molar-refractivity contribution < 1.29 is 8.97 Å². The van der Waals surface area contributed by atoms with Crippen molar-refractivity contribution in [2.24, 2.45) is 0 Å². The first kappa shape index (κ1) is 41.7. The lowest BCUT2D eigenvalue weighted by atomic mass is 10.0. The first-order valence-corrected chi connectivity index (χ1v) is 21.9. The average molecular weight is 643 g/mol. The third kappa shape index (κ3) is 21.5. The van der Waals surface area contributed by atoms with Crippen molar-refractivity contribution in [3.63, 3.8) is 0 Å². The maximum absolute atomic E-state index is 3.67. The van der Waals surface area contributed by atoms with Crippen molar-refractivity contribution in [2.75, 3.05) is 52.4 Å². The second-order valence-corrected chi connectivity index (χ2v) is 16.2. The van der Waals surface area contributed by atoms with E-state index in [9.17, 15) is 0 Å². The molecule has 2 aliphatic rings. The van der Waals surface area contributed by atoms with Gasteiger partial charge in [0.15, 0.2) is 0 Å². The Morgan fingerprint density at radius 2 is 0.543 bits per heavy atom. The predicted octanol–water partition coefficient (Wildman–Crippen LogP) is 13.2. The van der Waals surface area contributed by atoms with E-state index in [1.807, 2.05) is 0 Å². The molecule has 2 saturated heterocycles. The third-order valence-electron chi connectivity index (χ3n) is 12.0. The molecule has 0 aliphatic carbocycles. The van der Waals surface area contributed by atoms with Crippen LogP contribution in [-0.2, 0) is 0 Å². The molecule has 0 amide bonds. The van der Waals surface area contributed by atoms with Crippen LogP contribution in [0.4, 0.5) is 0 Å². The van der Waals surface area contributed by atoms with E-state index in [1.165, 1.54) is 254 Å². The summed E-state index contributed by atoms with van der Waals surface area (Å²) in [4.78, 5) is 0. The van der Waals surface area contributed by atoms with Gasteiger partial charge in [0, 0.05) is 25.7 Å². The molecule has 0 aromatic rings. The van der Waals surface area contributed by atoms with Gasteiger partial charge in [-0.15, -0.1) is 0 Å². The first-order chi connectivity index (χ1) is 22.7. The molecule has 2 fully saturated rings. The number of hydrogen-bond acceptors (Lipinski definition) is 0. The second-order valence-electron chi connectivity index (χ2n) is 16.2. The Hall–Kier alpha value is -0.520. The van der Waals surface area contributed by atoms with Gasteiger partial charge >= 0.3 is 0 Å². The molecule has 0 bridgehead atoms. The monoisotopic (exact) mass is 643 g/mol. The molecule has 0 saturated carbocycles.